The zero-order chi connectivity index (χ0) is 22.8. The highest BCUT2D eigenvalue weighted by molar-refractivity contribution is 7.80. The first-order valence-electron chi connectivity index (χ1n) is 10.3. The smallest absolute Gasteiger partial charge is 0.257 e. The van der Waals surface area contributed by atoms with Crippen LogP contribution in [0.5, 0.6) is 5.75 Å². The van der Waals surface area contributed by atoms with Gasteiger partial charge in [0.25, 0.3) is 11.8 Å². The van der Waals surface area contributed by atoms with Gasteiger partial charge in [0.05, 0.1) is 30.7 Å². The number of unbranched alkanes of at least 4 members (excludes halogenated alkanes) is 1. The van der Waals surface area contributed by atoms with E-state index in [-0.39, 0.29) is 23.5 Å². The standard InChI is InChI=1S/C24H25N3O4S/c1-2-3-14-30-18-12-10-17(11-13-18)22(28)27-24(32)26-21-9-5-4-8-20(21)23(29)25-16-19-7-6-15-31-19/h4-13,15H,2-3,14,16H2,1H3,(H,25,29)(H2,26,27,28,32). The summed E-state index contributed by atoms with van der Waals surface area (Å²) in [5.41, 5.74) is 1.32. The molecule has 166 valence electrons. The summed E-state index contributed by atoms with van der Waals surface area (Å²) in [7, 11) is 0. The Hall–Kier alpha value is -3.65. The van der Waals surface area contributed by atoms with Crippen LogP contribution in [0.2, 0.25) is 0 Å². The van der Waals surface area contributed by atoms with Gasteiger partial charge >= 0.3 is 0 Å². The van der Waals surface area contributed by atoms with Gasteiger partial charge in [0, 0.05) is 5.56 Å². The van der Waals surface area contributed by atoms with Gasteiger partial charge in [0.15, 0.2) is 5.11 Å². The summed E-state index contributed by atoms with van der Waals surface area (Å²) < 4.78 is 10.8. The lowest BCUT2D eigenvalue weighted by Gasteiger charge is -2.13. The van der Waals surface area contributed by atoms with Crippen molar-refractivity contribution in [3.05, 3.63) is 83.8 Å². The second kappa shape index (κ2) is 11.7. The Morgan fingerprint density at radius 2 is 1.78 bits per heavy atom. The topological polar surface area (TPSA) is 92.6 Å². The van der Waals surface area contributed by atoms with Crippen molar-refractivity contribution in [1.82, 2.24) is 10.6 Å². The number of rotatable bonds is 9. The minimum absolute atomic E-state index is 0.0876. The Kier molecular flexibility index (Phi) is 8.39. The molecule has 0 saturated heterocycles. The number of carbonyl (C=O) groups is 2. The number of nitrogens with one attached hydrogen (secondary N) is 3. The van der Waals surface area contributed by atoms with Gasteiger partial charge in [-0.05, 0) is 67.2 Å². The lowest BCUT2D eigenvalue weighted by molar-refractivity contribution is 0.0947. The summed E-state index contributed by atoms with van der Waals surface area (Å²) in [6.07, 6.45) is 3.58. The van der Waals surface area contributed by atoms with Crippen LogP contribution in [-0.2, 0) is 6.54 Å². The molecule has 2 aromatic carbocycles. The molecule has 0 aliphatic heterocycles. The third kappa shape index (κ3) is 6.68. The van der Waals surface area contributed by atoms with Crippen molar-refractivity contribution in [2.45, 2.75) is 26.3 Å². The van der Waals surface area contributed by atoms with Crippen molar-refractivity contribution in [3.8, 4) is 5.75 Å². The number of hydrogen-bond donors (Lipinski definition) is 3. The maximum Gasteiger partial charge on any atom is 0.257 e. The van der Waals surface area contributed by atoms with E-state index in [1.165, 1.54) is 0 Å². The highest BCUT2D eigenvalue weighted by Crippen LogP contribution is 2.16. The summed E-state index contributed by atoms with van der Waals surface area (Å²) in [6.45, 7) is 3.00. The summed E-state index contributed by atoms with van der Waals surface area (Å²) >= 11 is 5.27. The molecule has 0 spiro atoms. The van der Waals surface area contributed by atoms with Gasteiger partial charge in [0.1, 0.15) is 11.5 Å². The minimum atomic E-state index is -0.359. The molecule has 3 rings (SSSR count). The summed E-state index contributed by atoms with van der Waals surface area (Å²) in [5.74, 6) is 0.707. The van der Waals surface area contributed by atoms with Gasteiger partial charge in [0.2, 0.25) is 0 Å². The number of hydrogen-bond acceptors (Lipinski definition) is 5. The Labute approximate surface area is 192 Å². The Balaban J connectivity index is 1.56. The zero-order valence-corrected chi connectivity index (χ0v) is 18.5. The molecule has 0 aliphatic carbocycles. The van der Waals surface area contributed by atoms with E-state index in [2.05, 4.69) is 22.9 Å². The Morgan fingerprint density at radius 1 is 1.00 bits per heavy atom. The fraction of sp³-hybridized carbons (Fsp3) is 0.208. The molecule has 0 unspecified atom stereocenters. The van der Waals surface area contributed by atoms with Crippen molar-refractivity contribution in [3.63, 3.8) is 0 Å². The SMILES string of the molecule is CCCCOc1ccc(C(=O)NC(=S)Nc2ccccc2C(=O)NCc2ccco2)cc1. The van der Waals surface area contributed by atoms with Crippen molar-refractivity contribution >= 4 is 34.8 Å². The van der Waals surface area contributed by atoms with Crippen LogP contribution in [0.25, 0.3) is 0 Å². The quantitative estimate of drug-likeness (QED) is 0.327. The van der Waals surface area contributed by atoms with Crippen molar-refractivity contribution in [2.24, 2.45) is 0 Å². The van der Waals surface area contributed by atoms with Gasteiger partial charge in [-0.15, -0.1) is 0 Å². The maximum absolute atomic E-state index is 12.6. The molecule has 0 bridgehead atoms. The fourth-order valence-corrected chi connectivity index (χ4v) is 3.03. The van der Waals surface area contributed by atoms with Gasteiger partial charge in [-0.25, -0.2) is 0 Å². The molecule has 0 aliphatic rings. The lowest BCUT2D eigenvalue weighted by Crippen LogP contribution is -2.35. The van der Waals surface area contributed by atoms with Crippen LogP contribution in [0.15, 0.2) is 71.3 Å². The number of anilines is 1. The predicted octanol–water partition coefficient (Wildman–Crippen LogP) is 4.52. The number of benzene rings is 2. The van der Waals surface area contributed by atoms with Crippen LogP contribution in [0.4, 0.5) is 5.69 Å². The molecular formula is C24H25N3O4S. The molecule has 2 amide bonds. The van der Waals surface area contributed by atoms with E-state index in [4.69, 9.17) is 21.4 Å². The largest absolute Gasteiger partial charge is 0.494 e. The highest BCUT2D eigenvalue weighted by Gasteiger charge is 2.14. The molecule has 0 radical (unpaired) electrons. The highest BCUT2D eigenvalue weighted by atomic mass is 32.1. The van der Waals surface area contributed by atoms with Gasteiger partial charge in [-0.3, -0.25) is 14.9 Å². The normalized spacial score (nSPS) is 10.3. The summed E-state index contributed by atoms with van der Waals surface area (Å²) in [4.78, 5) is 25.1. The first-order valence-corrected chi connectivity index (χ1v) is 10.7. The van der Waals surface area contributed by atoms with E-state index in [1.54, 1.807) is 66.9 Å². The second-order valence-electron chi connectivity index (χ2n) is 6.94. The number of ether oxygens (including phenoxy) is 1. The molecule has 1 heterocycles. The molecule has 8 heteroatoms. The van der Waals surface area contributed by atoms with E-state index in [0.717, 1.165) is 12.8 Å². The average Bonchev–Trinajstić information content (AvgIpc) is 3.32. The molecule has 0 atom stereocenters. The predicted molar refractivity (Wildman–Crippen MR) is 127 cm³/mol. The van der Waals surface area contributed by atoms with Crippen LogP contribution in [-0.4, -0.2) is 23.5 Å². The van der Waals surface area contributed by atoms with Crippen LogP contribution >= 0.6 is 12.2 Å². The number of para-hydroxylation sites is 1. The Bertz CT molecular complexity index is 1050. The second-order valence-corrected chi connectivity index (χ2v) is 7.35. The zero-order valence-electron chi connectivity index (χ0n) is 17.7. The molecule has 0 fully saturated rings. The summed E-state index contributed by atoms with van der Waals surface area (Å²) in [6, 6.07) is 17.3. The van der Waals surface area contributed by atoms with E-state index < -0.39 is 0 Å². The minimum Gasteiger partial charge on any atom is -0.494 e. The van der Waals surface area contributed by atoms with Crippen LogP contribution in [0, 0.1) is 0 Å². The van der Waals surface area contributed by atoms with E-state index in [0.29, 0.717) is 34.9 Å². The van der Waals surface area contributed by atoms with Crippen LogP contribution < -0.4 is 20.7 Å². The van der Waals surface area contributed by atoms with Crippen LogP contribution in [0.1, 0.15) is 46.2 Å². The number of amides is 2. The number of furan rings is 1. The maximum atomic E-state index is 12.6. The number of thiocarbonyl (C=S) groups is 1. The molecular weight excluding hydrogens is 426 g/mol. The molecule has 0 saturated carbocycles. The van der Waals surface area contributed by atoms with E-state index in [9.17, 15) is 9.59 Å². The van der Waals surface area contributed by atoms with Crippen molar-refractivity contribution in [1.29, 1.82) is 0 Å². The first-order chi connectivity index (χ1) is 15.6. The third-order valence-electron chi connectivity index (χ3n) is 4.53. The van der Waals surface area contributed by atoms with Gasteiger partial charge in [-0.2, -0.15) is 0 Å². The van der Waals surface area contributed by atoms with Crippen LogP contribution in [0.3, 0.4) is 0 Å². The van der Waals surface area contributed by atoms with E-state index in [1.807, 2.05) is 0 Å². The molecule has 32 heavy (non-hydrogen) atoms. The van der Waals surface area contributed by atoms with Crippen molar-refractivity contribution in [2.75, 3.05) is 11.9 Å². The van der Waals surface area contributed by atoms with Gasteiger partial charge in [-0.1, -0.05) is 25.5 Å². The number of carbonyl (C=O) groups excluding carboxylic acids is 2. The van der Waals surface area contributed by atoms with E-state index >= 15 is 0 Å². The monoisotopic (exact) mass is 451 g/mol. The fourth-order valence-electron chi connectivity index (χ4n) is 2.83. The van der Waals surface area contributed by atoms with Crippen molar-refractivity contribution < 1.29 is 18.7 Å². The lowest BCUT2D eigenvalue weighted by atomic mass is 10.1. The molecule has 7 nitrogen and oxygen atoms in total. The Morgan fingerprint density at radius 3 is 2.50 bits per heavy atom. The average molecular weight is 452 g/mol. The van der Waals surface area contributed by atoms with Gasteiger partial charge < -0.3 is 19.8 Å². The molecule has 3 N–H and O–H groups in total. The third-order valence-corrected chi connectivity index (χ3v) is 4.74. The first kappa shape index (κ1) is 23.0. The summed E-state index contributed by atoms with van der Waals surface area (Å²) in [5, 5.41) is 8.43. The molecule has 1 aromatic heterocycles. The molecule has 3 aromatic rings.